The number of aromatic nitrogens is 3. The molecular weight excluding hydrogens is 451 g/mol. The summed E-state index contributed by atoms with van der Waals surface area (Å²) in [5.41, 5.74) is 7.01. The zero-order valence-electron chi connectivity index (χ0n) is 16.8. The van der Waals surface area contributed by atoms with Crippen molar-refractivity contribution in [3.63, 3.8) is 0 Å². The van der Waals surface area contributed by atoms with Gasteiger partial charge in [0.1, 0.15) is 0 Å². The molecule has 0 radical (unpaired) electrons. The molecule has 3 heterocycles. The first-order valence-corrected chi connectivity index (χ1v) is 10.4. The lowest BCUT2D eigenvalue weighted by molar-refractivity contribution is 0.122. The first-order valence-electron chi connectivity index (χ1n) is 9.62. The molecule has 4 rings (SSSR count). The van der Waals surface area contributed by atoms with E-state index < -0.39 is 5.82 Å². The van der Waals surface area contributed by atoms with Crippen LogP contribution in [-0.2, 0) is 4.74 Å². The van der Waals surface area contributed by atoms with E-state index in [2.05, 4.69) is 66.1 Å². The minimum atomic E-state index is -0.455. The Balaban J connectivity index is 1.52. The monoisotopic (exact) mass is 472 g/mol. The molecule has 0 bridgehead atoms. The number of hydrazone groups is 1. The fraction of sp³-hybridized carbons (Fsp3) is 0.286. The van der Waals surface area contributed by atoms with Crippen LogP contribution in [0.15, 0.2) is 46.1 Å². The SMILES string of the molecule is Cc1cc(/C=N/Nc2ncc(F)c(N3CCOCC3)n2)c(C)n1-c1cccc(Br)c1. The Bertz CT molecular complexity index is 1080. The van der Waals surface area contributed by atoms with Crippen LogP contribution in [0.3, 0.4) is 0 Å². The Morgan fingerprint density at radius 2 is 2.03 bits per heavy atom. The van der Waals surface area contributed by atoms with Crippen molar-refractivity contribution in [1.29, 1.82) is 0 Å². The first kappa shape index (κ1) is 20.5. The number of aryl methyl sites for hydroxylation is 1. The van der Waals surface area contributed by atoms with E-state index in [1.54, 1.807) is 6.21 Å². The maximum absolute atomic E-state index is 14.2. The molecule has 30 heavy (non-hydrogen) atoms. The molecule has 0 atom stereocenters. The molecule has 0 spiro atoms. The fourth-order valence-corrected chi connectivity index (χ4v) is 3.89. The second-order valence-corrected chi connectivity index (χ2v) is 7.89. The van der Waals surface area contributed by atoms with Crippen molar-refractivity contribution in [1.82, 2.24) is 14.5 Å². The van der Waals surface area contributed by atoms with E-state index in [-0.39, 0.29) is 11.8 Å². The van der Waals surface area contributed by atoms with Crippen molar-refractivity contribution in [2.24, 2.45) is 5.10 Å². The summed E-state index contributed by atoms with van der Waals surface area (Å²) in [5.74, 6) is 0.0535. The van der Waals surface area contributed by atoms with Crippen molar-refractivity contribution >= 4 is 33.9 Å². The summed E-state index contributed by atoms with van der Waals surface area (Å²) < 4.78 is 22.7. The molecule has 2 aromatic heterocycles. The van der Waals surface area contributed by atoms with Gasteiger partial charge in [-0.15, -0.1) is 0 Å². The Morgan fingerprint density at radius 1 is 1.23 bits per heavy atom. The van der Waals surface area contributed by atoms with Crippen molar-refractivity contribution in [3.8, 4) is 5.69 Å². The fourth-order valence-electron chi connectivity index (χ4n) is 3.50. The van der Waals surface area contributed by atoms with E-state index in [0.717, 1.165) is 33.3 Å². The third kappa shape index (κ3) is 4.36. The minimum Gasteiger partial charge on any atom is -0.378 e. The molecule has 1 fully saturated rings. The van der Waals surface area contributed by atoms with Gasteiger partial charge in [0, 0.05) is 40.2 Å². The Morgan fingerprint density at radius 3 is 2.80 bits per heavy atom. The average molecular weight is 473 g/mol. The van der Waals surface area contributed by atoms with E-state index in [9.17, 15) is 4.39 Å². The first-order chi connectivity index (χ1) is 14.5. The minimum absolute atomic E-state index is 0.245. The van der Waals surface area contributed by atoms with Gasteiger partial charge in [0.2, 0.25) is 5.95 Å². The van der Waals surface area contributed by atoms with Crippen LogP contribution in [0, 0.1) is 19.7 Å². The van der Waals surface area contributed by atoms with Crippen molar-refractivity contribution in [2.45, 2.75) is 13.8 Å². The van der Waals surface area contributed by atoms with Crippen LogP contribution in [0.5, 0.6) is 0 Å². The third-order valence-electron chi connectivity index (χ3n) is 4.94. The number of anilines is 2. The third-order valence-corrected chi connectivity index (χ3v) is 5.43. The molecule has 156 valence electrons. The molecule has 3 aromatic rings. The Kier molecular flexibility index (Phi) is 6.10. The molecule has 0 amide bonds. The highest BCUT2D eigenvalue weighted by molar-refractivity contribution is 9.10. The van der Waals surface area contributed by atoms with Gasteiger partial charge < -0.3 is 14.2 Å². The highest BCUT2D eigenvalue weighted by Gasteiger charge is 2.17. The van der Waals surface area contributed by atoms with Crippen LogP contribution >= 0.6 is 15.9 Å². The second-order valence-electron chi connectivity index (χ2n) is 6.98. The van der Waals surface area contributed by atoms with Gasteiger partial charge in [-0.3, -0.25) is 0 Å². The maximum atomic E-state index is 14.2. The van der Waals surface area contributed by atoms with Gasteiger partial charge in [-0.25, -0.2) is 14.8 Å². The number of hydrogen-bond donors (Lipinski definition) is 1. The summed E-state index contributed by atoms with van der Waals surface area (Å²) in [4.78, 5) is 10.1. The molecule has 7 nitrogen and oxygen atoms in total. The van der Waals surface area contributed by atoms with Crippen molar-refractivity contribution in [3.05, 3.63) is 63.8 Å². The topological polar surface area (TPSA) is 67.6 Å². The van der Waals surface area contributed by atoms with E-state index in [0.29, 0.717) is 26.3 Å². The molecule has 0 saturated carbocycles. The summed E-state index contributed by atoms with van der Waals surface area (Å²) in [5, 5.41) is 4.27. The highest BCUT2D eigenvalue weighted by Crippen LogP contribution is 2.23. The largest absolute Gasteiger partial charge is 0.378 e. The van der Waals surface area contributed by atoms with Crippen molar-refractivity contribution < 1.29 is 9.13 Å². The number of halogens is 2. The molecule has 0 aliphatic carbocycles. The zero-order chi connectivity index (χ0) is 21.1. The summed E-state index contributed by atoms with van der Waals surface area (Å²) >= 11 is 3.52. The van der Waals surface area contributed by atoms with Gasteiger partial charge in [0.05, 0.1) is 25.6 Å². The Hall–Kier alpha value is -2.78. The molecule has 1 aromatic carbocycles. The van der Waals surface area contributed by atoms with Gasteiger partial charge in [-0.2, -0.15) is 10.1 Å². The van der Waals surface area contributed by atoms with E-state index in [1.807, 2.05) is 24.0 Å². The van der Waals surface area contributed by atoms with Gasteiger partial charge in [0.15, 0.2) is 11.6 Å². The normalized spacial score (nSPS) is 14.5. The van der Waals surface area contributed by atoms with Gasteiger partial charge in [-0.1, -0.05) is 22.0 Å². The Labute approximate surface area is 182 Å². The summed E-state index contributed by atoms with van der Waals surface area (Å²) in [6.07, 6.45) is 2.88. The summed E-state index contributed by atoms with van der Waals surface area (Å²) in [6, 6.07) is 10.2. The number of hydrogen-bond acceptors (Lipinski definition) is 6. The van der Waals surface area contributed by atoms with Crippen LogP contribution in [0.25, 0.3) is 5.69 Å². The standard InChI is InChI=1S/C21H22BrFN6O/c1-14-10-16(15(2)29(14)18-5-3-4-17(22)11-18)12-25-27-21-24-13-19(23)20(26-21)28-6-8-30-9-7-28/h3-5,10-13H,6-9H2,1-2H3,(H,24,26,27)/b25-12+. The number of benzene rings is 1. The molecule has 9 heteroatoms. The lowest BCUT2D eigenvalue weighted by Gasteiger charge is -2.27. The molecule has 1 N–H and O–H groups in total. The van der Waals surface area contributed by atoms with Gasteiger partial charge in [0.25, 0.3) is 0 Å². The predicted molar refractivity (Wildman–Crippen MR) is 119 cm³/mol. The summed E-state index contributed by atoms with van der Waals surface area (Å²) in [7, 11) is 0. The molecule has 1 aliphatic heterocycles. The summed E-state index contributed by atoms with van der Waals surface area (Å²) in [6.45, 7) is 6.39. The smallest absolute Gasteiger partial charge is 0.245 e. The number of morpholine rings is 1. The highest BCUT2D eigenvalue weighted by atomic mass is 79.9. The molecule has 1 aliphatic rings. The van der Waals surface area contributed by atoms with E-state index in [4.69, 9.17) is 4.74 Å². The van der Waals surface area contributed by atoms with Crippen LogP contribution < -0.4 is 10.3 Å². The number of rotatable bonds is 5. The van der Waals surface area contributed by atoms with Gasteiger partial charge in [-0.05, 0) is 38.1 Å². The lowest BCUT2D eigenvalue weighted by atomic mass is 10.2. The number of nitrogens with one attached hydrogen (secondary N) is 1. The quantitative estimate of drug-likeness (QED) is 0.447. The number of nitrogens with zero attached hydrogens (tertiary/aromatic N) is 5. The van der Waals surface area contributed by atoms with Crippen LogP contribution in [0.2, 0.25) is 0 Å². The van der Waals surface area contributed by atoms with Crippen LogP contribution in [0.4, 0.5) is 16.2 Å². The second kappa shape index (κ2) is 8.93. The molecular formula is C21H22BrFN6O. The van der Waals surface area contributed by atoms with Crippen LogP contribution in [-0.4, -0.2) is 47.1 Å². The van der Waals surface area contributed by atoms with E-state index >= 15 is 0 Å². The average Bonchev–Trinajstić information content (AvgIpc) is 3.03. The maximum Gasteiger partial charge on any atom is 0.245 e. The van der Waals surface area contributed by atoms with Gasteiger partial charge >= 0.3 is 0 Å². The lowest BCUT2D eigenvalue weighted by Crippen LogP contribution is -2.37. The van der Waals surface area contributed by atoms with Crippen LogP contribution in [0.1, 0.15) is 17.0 Å². The molecule has 0 unspecified atom stereocenters. The van der Waals surface area contributed by atoms with E-state index in [1.165, 1.54) is 0 Å². The van der Waals surface area contributed by atoms with Crippen molar-refractivity contribution in [2.75, 3.05) is 36.6 Å². The zero-order valence-corrected chi connectivity index (χ0v) is 18.4. The number of ether oxygens (including phenoxy) is 1. The molecule has 1 saturated heterocycles. The predicted octanol–water partition coefficient (Wildman–Crippen LogP) is 4.07.